The van der Waals surface area contributed by atoms with E-state index in [1.807, 2.05) is 32.9 Å². The van der Waals surface area contributed by atoms with Gasteiger partial charge in [-0.15, -0.1) is 0 Å². The molecule has 2 aromatic heterocycles. The van der Waals surface area contributed by atoms with Gasteiger partial charge in [0.05, 0.1) is 18.4 Å². The average molecular weight is 397 g/mol. The summed E-state index contributed by atoms with van der Waals surface area (Å²) in [4.78, 5) is 26.9. The highest BCUT2D eigenvalue weighted by molar-refractivity contribution is 5.99. The van der Waals surface area contributed by atoms with Crippen LogP contribution in [0.25, 0.3) is 11.5 Å². The van der Waals surface area contributed by atoms with E-state index in [0.29, 0.717) is 23.6 Å². The summed E-state index contributed by atoms with van der Waals surface area (Å²) in [7, 11) is 0. The number of nitrogens with one attached hydrogen (secondary N) is 1. The SMILES string of the molecule is CCN(CC(=O)NC(C)C)C(=O)c1cnn(-c2ccc(F)cc2)c1-n1cccc1. The van der Waals surface area contributed by atoms with Gasteiger partial charge in [-0.25, -0.2) is 9.07 Å². The number of rotatable bonds is 7. The largest absolute Gasteiger partial charge is 0.352 e. The Bertz CT molecular complexity index is 977. The van der Waals surface area contributed by atoms with E-state index < -0.39 is 0 Å². The smallest absolute Gasteiger partial charge is 0.259 e. The van der Waals surface area contributed by atoms with Gasteiger partial charge in [-0.05, 0) is 57.2 Å². The van der Waals surface area contributed by atoms with Crippen molar-refractivity contribution < 1.29 is 14.0 Å². The molecule has 1 aromatic carbocycles. The van der Waals surface area contributed by atoms with Crippen LogP contribution < -0.4 is 5.32 Å². The van der Waals surface area contributed by atoms with Crippen molar-refractivity contribution in [1.82, 2.24) is 24.6 Å². The Balaban J connectivity index is 1.99. The number of aromatic nitrogens is 3. The van der Waals surface area contributed by atoms with Gasteiger partial charge in [-0.3, -0.25) is 9.59 Å². The van der Waals surface area contributed by atoms with Crippen LogP contribution in [0.2, 0.25) is 0 Å². The first-order valence-corrected chi connectivity index (χ1v) is 9.46. The van der Waals surface area contributed by atoms with Crippen molar-refractivity contribution in [1.29, 1.82) is 0 Å². The summed E-state index contributed by atoms with van der Waals surface area (Å²) in [6.45, 7) is 5.89. The lowest BCUT2D eigenvalue weighted by Crippen LogP contribution is -2.42. The summed E-state index contributed by atoms with van der Waals surface area (Å²) < 4.78 is 16.7. The minimum absolute atomic E-state index is 0.00651. The van der Waals surface area contributed by atoms with Crippen molar-refractivity contribution in [3.05, 3.63) is 66.4 Å². The molecule has 3 aromatic rings. The number of nitrogens with zero attached hydrogens (tertiary/aromatic N) is 4. The molecule has 8 heteroatoms. The third-order valence-corrected chi connectivity index (χ3v) is 4.35. The lowest BCUT2D eigenvalue weighted by molar-refractivity contribution is -0.122. The van der Waals surface area contributed by atoms with E-state index in [9.17, 15) is 14.0 Å². The van der Waals surface area contributed by atoms with Crippen LogP contribution in [-0.2, 0) is 4.79 Å². The lowest BCUT2D eigenvalue weighted by atomic mass is 10.2. The number of halogens is 1. The quantitative estimate of drug-likeness (QED) is 0.666. The molecule has 0 unspecified atom stereocenters. The zero-order valence-electron chi connectivity index (χ0n) is 16.7. The highest BCUT2D eigenvalue weighted by Crippen LogP contribution is 2.21. The molecule has 29 heavy (non-hydrogen) atoms. The van der Waals surface area contributed by atoms with E-state index in [-0.39, 0.29) is 30.2 Å². The van der Waals surface area contributed by atoms with Crippen molar-refractivity contribution in [3.63, 3.8) is 0 Å². The van der Waals surface area contributed by atoms with E-state index in [0.717, 1.165) is 0 Å². The van der Waals surface area contributed by atoms with Crippen LogP contribution >= 0.6 is 0 Å². The minimum Gasteiger partial charge on any atom is -0.352 e. The monoisotopic (exact) mass is 397 g/mol. The van der Waals surface area contributed by atoms with Gasteiger partial charge < -0.3 is 14.8 Å². The Morgan fingerprint density at radius 2 is 1.83 bits per heavy atom. The molecule has 2 amide bonds. The van der Waals surface area contributed by atoms with Crippen molar-refractivity contribution in [2.45, 2.75) is 26.8 Å². The van der Waals surface area contributed by atoms with E-state index >= 15 is 0 Å². The molecule has 152 valence electrons. The first-order valence-electron chi connectivity index (χ1n) is 9.46. The molecule has 0 spiro atoms. The fourth-order valence-electron chi connectivity index (χ4n) is 3.03. The summed E-state index contributed by atoms with van der Waals surface area (Å²) in [6.07, 6.45) is 5.08. The van der Waals surface area contributed by atoms with Crippen LogP contribution in [0.5, 0.6) is 0 Å². The maximum atomic E-state index is 13.3. The molecule has 0 saturated heterocycles. The van der Waals surface area contributed by atoms with Crippen molar-refractivity contribution in [2.24, 2.45) is 0 Å². The molecule has 1 N–H and O–H groups in total. The molecular formula is C21H24FN5O2. The van der Waals surface area contributed by atoms with E-state index in [2.05, 4.69) is 10.4 Å². The number of hydrogen-bond acceptors (Lipinski definition) is 3. The molecule has 2 heterocycles. The maximum Gasteiger partial charge on any atom is 0.259 e. The average Bonchev–Trinajstić information content (AvgIpc) is 3.34. The van der Waals surface area contributed by atoms with Crippen LogP contribution in [0.3, 0.4) is 0 Å². The van der Waals surface area contributed by atoms with Crippen LogP contribution in [0, 0.1) is 5.82 Å². The summed E-state index contributed by atoms with van der Waals surface area (Å²) in [5.74, 6) is -0.352. The van der Waals surface area contributed by atoms with Crippen molar-refractivity contribution >= 4 is 11.8 Å². The Labute approximate surface area is 168 Å². The fraction of sp³-hybridized carbons (Fsp3) is 0.286. The van der Waals surface area contributed by atoms with Gasteiger partial charge in [0.2, 0.25) is 5.91 Å². The Hall–Kier alpha value is -3.42. The van der Waals surface area contributed by atoms with Crippen LogP contribution in [-0.4, -0.2) is 50.2 Å². The summed E-state index contributed by atoms with van der Waals surface area (Å²) in [5.41, 5.74) is 0.972. The molecule has 0 fully saturated rings. The number of benzene rings is 1. The first kappa shape index (κ1) is 20.3. The summed E-state index contributed by atoms with van der Waals surface area (Å²) >= 11 is 0. The Kier molecular flexibility index (Phi) is 6.11. The standard InChI is InChI=1S/C21H24FN5O2/c1-4-25(14-19(28)24-15(2)3)21(29)18-13-23-27(17-9-7-16(22)8-10-17)20(18)26-11-5-6-12-26/h5-13,15H,4,14H2,1-3H3,(H,24,28). The summed E-state index contributed by atoms with van der Waals surface area (Å²) in [5, 5.41) is 7.16. The second-order valence-corrected chi connectivity index (χ2v) is 6.90. The molecule has 0 aliphatic carbocycles. The Morgan fingerprint density at radius 3 is 2.41 bits per heavy atom. The third kappa shape index (κ3) is 4.53. The van der Waals surface area contributed by atoms with Crippen molar-refractivity contribution in [2.75, 3.05) is 13.1 Å². The zero-order chi connectivity index (χ0) is 21.0. The van der Waals surface area contributed by atoms with Gasteiger partial charge in [0.15, 0.2) is 5.82 Å². The molecule has 7 nitrogen and oxygen atoms in total. The predicted molar refractivity (Wildman–Crippen MR) is 108 cm³/mol. The highest BCUT2D eigenvalue weighted by Gasteiger charge is 2.25. The molecular weight excluding hydrogens is 373 g/mol. The van der Waals surface area contributed by atoms with Crippen LogP contribution in [0.1, 0.15) is 31.1 Å². The van der Waals surface area contributed by atoms with Gasteiger partial charge in [-0.2, -0.15) is 5.10 Å². The fourth-order valence-corrected chi connectivity index (χ4v) is 3.03. The highest BCUT2D eigenvalue weighted by atomic mass is 19.1. The van der Waals surface area contributed by atoms with Gasteiger partial charge in [-0.1, -0.05) is 0 Å². The molecule has 0 saturated carbocycles. The van der Waals surface area contributed by atoms with Gasteiger partial charge in [0, 0.05) is 25.0 Å². The Morgan fingerprint density at radius 1 is 1.17 bits per heavy atom. The number of carbonyl (C=O) groups is 2. The van der Waals surface area contributed by atoms with Crippen LogP contribution in [0.15, 0.2) is 55.0 Å². The number of likely N-dealkylation sites (N-methyl/N-ethyl adjacent to an activating group) is 1. The first-order chi connectivity index (χ1) is 13.9. The van der Waals surface area contributed by atoms with E-state index in [4.69, 9.17) is 0 Å². The number of hydrogen-bond donors (Lipinski definition) is 1. The van der Waals surface area contributed by atoms with E-state index in [1.54, 1.807) is 33.8 Å². The number of amides is 2. The second-order valence-electron chi connectivity index (χ2n) is 6.90. The van der Waals surface area contributed by atoms with Gasteiger partial charge in [0.1, 0.15) is 11.4 Å². The third-order valence-electron chi connectivity index (χ3n) is 4.35. The number of carbonyl (C=O) groups excluding carboxylic acids is 2. The second kappa shape index (κ2) is 8.72. The zero-order valence-corrected chi connectivity index (χ0v) is 16.7. The van der Waals surface area contributed by atoms with E-state index in [1.165, 1.54) is 23.2 Å². The summed E-state index contributed by atoms with van der Waals surface area (Å²) in [6, 6.07) is 9.54. The predicted octanol–water partition coefficient (Wildman–Crippen LogP) is 2.79. The molecule has 0 aliphatic rings. The van der Waals surface area contributed by atoms with Gasteiger partial charge >= 0.3 is 0 Å². The molecule has 0 atom stereocenters. The van der Waals surface area contributed by atoms with Crippen LogP contribution in [0.4, 0.5) is 4.39 Å². The maximum absolute atomic E-state index is 13.3. The lowest BCUT2D eigenvalue weighted by Gasteiger charge is -2.21. The topological polar surface area (TPSA) is 72.2 Å². The minimum atomic E-state index is -0.354. The molecule has 0 radical (unpaired) electrons. The normalized spacial score (nSPS) is 10.9. The molecule has 0 bridgehead atoms. The van der Waals surface area contributed by atoms with Gasteiger partial charge in [0.25, 0.3) is 5.91 Å². The molecule has 3 rings (SSSR count). The van der Waals surface area contributed by atoms with Crippen molar-refractivity contribution in [3.8, 4) is 11.5 Å². The molecule has 0 aliphatic heterocycles.